The van der Waals surface area contributed by atoms with Gasteiger partial charge in [0.25, 0.3) is 11.8 Å². The number of imide groups is 1. The van der Waals surface area contributed by atoms with Gasteiger partial charge in [-0.2, -0.15) is 0 Å². The van der Waals surface area contributed by atoms with Gasteiger partial charge in [-0.05, 0) is 18.2 Å². The van der Waals surface area contributed by atoms with Gasteiger partial charge in [0.2, 0.25) is 5.91 Å². The first-order valence-corrected chi connectivity index (χ1v) is 9.00. The molecule has 0 spiro atoms. The van der Waals surface area contributed by atoms with E-state index in [1.807, 2.05) is 6.07 Å². The molecule has 9 nitrogen and oxygen atoms in total. The molecule has 3 heterocycles. The van der Waals surface area contributed by atoms with E-state index in [4.69, 9.17) is 4.74 Å². The SMILES string of the molecule is O=C(CN1C(=O)c2ccccc2C1=O)NCc1nccc(N2CCOCC2)n1. The first kappa shape index (κ1) is 18.1. The molecule has 1 saturated heterocycles. The number of fused-ring (bicyclic) bond motifs is 1. The predicted molar refractivity (Wildman–Crippen MR) is 98.7 cm³/mol. The highest BCUT2D eigenvalue weighted by molar-refractivity contribution is 6.22. The van der Waals surface area contributed by atoms with Crippen molar-refractivity contribution >= 4 is 23.5 Å². The molecule has 9 heteroatoms. The first-order chi connectivity index (χ1) is 13.6. The lowest BCUT2D eigenvalue weighted by Crippen LogP contribution is -2.40. The lowest BCUT2D eigenvalue weighted by molar-refractivity contribution is -0.121. The highest BCUT2D eigenvalue weighted by atomic mass is 16.5. The second kappa shape index (κ2) is 7.73. The van der Waals surface area contributed by atoms with Crippen molar-refractivity contribution in [2.24, 2.45) is 0 Å². The number of nitrogens with one attached hydrogen (secondary N) is 1. The molecule has 0 bridgehead atoms. The molecule has 0 saturated carbocycles. The van der Waals surface area contributed by atoms with Crippen LogP contribution in [0.2, 0.25) is 0 Å². The fourth-order valence-electron chi connectivity index (χ4n) is 3.20. The van der Waals surface area contributed by atoms with E-state index in [9.17, 15) is 14.4 Å². The molecule has 144 valence electrons. The van der Waals surface area contributed by atoms with E-state index in [2.05, 4.69) is 20.2 Å². The first-order valence-electron chi connectivity index (χ1n) is 9.00. The maximum absolute atomic E-state index is 12.3. The third-order valence-corrected chi connectivity index (χ3v) is 4.65. The molecule has 1 aromatic carbocycles. The van der Waals surface area contributed by atoms with Gasteiger partial charge in [0, 0.05) is 19.3 Å². The summed E-state index contributed by atoms with van der Waals surface area (Å²) in [6, 6.07) is 8.35. The molecule has 3 amide bonds. The highest BCUT2D eigenvalue weighted by Gasteiger charge is 2.36. The summed E-state index contributed by atoms with van der Waals surface area (Å²) in [5.41, 5.74) is 0.642. The molecule has 0 aliphatic carbocycles. The van der Waals surface area contributed by atoms with Crippen molar-refractivity contribution in [1.82, 2.24) is 20.2 Å². The van der Waals surface area contributed by atoms with Gasteiger partial charge in [-0.25, -0.2) is 9.97 Å². The summed E-state index contributed by atoms with van der Waals surface area (Å²) in [4.78, 5) is 48.6. The summed E-state index contributed by atoms with van der Waals surface area (Å²) in [5.74, 6) is -0.125. The van der Waals surface area contributed by atoms with Crippen LogP contribution in [0, 0.1) is 0 Å². The zero-order valence-electron chi connectivity index (χ0n) is 15.1. The van der Waals surface area contributed by atoms with Crippen LogP contribution >= 0.6 is 0 Å². The molecule has 2 aliphatic rings. The van der Waals surface area contributed by atoms with Crippen molar-refractivity contribution < 1.29 is 19.1 Å². The van der Waals surface area contributed by atoms with Crippen molar-refractivity contribution in [3.8, 4) is 0 Å². The number of carbonyl (C=O) groups excluding carboxylic acids is 3. The van der Waals surface area contributed by atoms with Gasteiger partial charge < -0.3 is 15.0 Å². The van der Waals surface area contributed by atoms with E-state index >= 15 is 0 Å². The highest BCUT2D eigenvalue weighted by Crippen LogP contribution is 2.21. The van der Waals surface area contributed by atoms with E-state index in [0.29, 0.717) is 30.2 Å². The van der Waals surface area contributed by atoms with E-state index in [1.54, 1.807) is 30.5 Å². The Kier molecular flexibility index (Phi) is 4.98. The molecule has 4 rings (SSSR count). The fraction of sp³-hybridized carbons (Fsp3) is 0.316. The Morgan fingerprint density at radius 3 is 2.43 bits per heavy atom. The second-order valence-electron chi connectivity index (χ2n) is 6.45. The minimum Gasteiger partial charge on any atom is -0.378 e. The van der Waals surface area contributed by atoms with Gasteiger partial charge in [0.1, 0.15) is 18.2 Å². The van der Waals surface area contributed by atoms with Crippen molar-refractivity contribution in [3.63, 3.8) is 0 Å². The number of morpholine rings is 1. The van der Waals surface area contributed by atoms with Crippen molar-refractivity contribution in [3.05, 3.63) is 53.5 Å². The van der Waals surface area contributed by atoms with Crippen LogP contribution in [0.25, 0.3) is 0 Å². The van der Waals surface area contributed by atoms with Gasteiger partial charge in [0.05, 0.1) is 30.9 Å². The Labute approximate surface area is 161 Å². The van der Waals surface area contributed by atoms with Crippen molar-refractivity contribution in [1.29, 1.82) is 0 Å². The van der Waals surface area contributed by atoms with Crippen molar-refractivity contribution in [2.75, 3.05) is 37.7 Å². The molecule has 1 N–H and O–H groups in total. The van der Waals surface area contributed by atoms with Gasteiger partial charge in [-0.3, -0.25) is 19.3 Å². The molecular weight excluding hydrogens is 362 g/mol. The Balaban J connectivity index is 1.35. The molecule has 1 aromatic heterocycles. The maximum atomic E-state index is 12.3. The Morgan fingerprint density at radius 2 is 1.75 bits per heavy atom. The molecule has 2 aromatic rings. The summed E-state index contributed by atoms with van der Waals surface area (Å²) < 4.78 is 5.33. The number of rotatable bonds is 5. The lowest BCUT2D eigenvalue weighted by atomic mass is 10.1. The molecular formula is C19H19N5O4. The lowest BCUT2D eigenvalue weighted by Gasteiger charge is -2.27. The molecule has 1 fully saturated rings. The molecule has 0 atom stereocenters. The standard InChI is InChI=1S/C19H19N5O4/c25-17(12-24-18(26)13-3-1-2-4-14(13)19(24)27)21-11-15-20-6-5-16(22-15)23-7-9-28-10-8-23/h1-6H,7-12H2,(H,21,25). The third kappa shape index (κ3) is 3.56. The molecule has 0 unspecified atom stereocenters. The third-order valence-electron chi connectivity index (χ3n) is 4.65. The Hall–Kier alpha value is -3.33. The van der Waals surface area contributed by atoms with Gasteiger partial charge in [-0.15, -0.1) is 0 Å². The molecule has 0 radical (unpaired) electrons. The monoisotopic (exact) mass is 381 g/mol. The average Bonchev–Trinajstić information content (AvgIpc) is 2.98. The van der Waals surface area contributed by atoms with E-state index < -0.39 is 17.7 Å². The summed E-state index contributed by atoms with van der Waals surface area (Å²) in [6.45, 7) is 2.58. The van der Waals surface area contributed by atoms with Crippen LogP contribution in [0.3, 0.4) is 0 Å². The maximum Gasteiger partial charge on any atom is 0.262 e. The molecule has 2 aliphatic heterocycles. The summed E-state index contributed by atoms with van der Waals surface area (Å²) in [7, 11) is 0. The number of amides is 3. The quantitative estimate of drug-likeness (QED) is 0.739. The largest absolute Gasteiger partial charge is 0.378 e. The van der Waals surface area contributed by atoms with Crippen LogP contribution < -0.4 is 10.2 Å². The molecule has 28 heavy (non-hydrogen) atoms. The second-order valence-corrected chi connectivity index (χ2v) is 6.45. The smallest absolute Gasteiger partial charge is 0.262 e. The average molecular weight is 381 g/mol. The van der Waals surface area contributed by atoms with Crippen LogP contribution in [0.1, 0.15) is 26.5 Å². The number of carbonyl (C=O) groups is 3. The van der Waals surface area contributed by atoms with Crippen LogP contribution in [-0.2, 0) is 16.1 Å². The van der Waals surface area contributed by atoms with Crippen LogP contribution in [0.15, 0.2) is 36.5 Å². The zero-order valence-corrected chi connectivity index (χ0v) is 15.1. The van der Waals surface area contributed by atoms with E-state index in [1.165, 1.54) is 0 Å². The fourth-order valence-corrected chi connectivity index (χ4v) is 3.20. The van der Waals surface area contributed by atoms with Crippen molar-refractivity contribution in [2.45, 2.75) is 6.54 Å². The van der Waals surface area contributed by atoms with Gasteiger partial charge in [-0.1, -0.05) is 12.1 Å². The van der Waals surface area contributed by atoms with Crippen LogP contribution in [0.4, 0.5) is 5.82 Å². The summed E-state index contributed by atoms with van der Waals surface area (Å²) >= 11 is 0. The number of hydrogen-bond donors (Lipinski definition) is 1. The van der Waals surface area contributed by atoms with Gasteiger partial charge >= 0.3 is 0 Å². The van der Waals surface area contributed by atoms with Crippen LogP contribution in [0.5, 0.6) is 0 Å². The Bertz CT molecular complexity index is 891. The number of nitrogens with zero attached hydrogens (tertiary/aromatic N) is 4. The van der Waals surface area contributed by atoms with Gasteiger partial charge in [0.15, 0.2) is 0 Å². The predicted octanol–water partition coefficient (Wildman–Crippen LogP) is 0.226. The number of aromatic nitrogens is 2. The number of anilines is 1. The Morgan fingerprint density at radius 1 is 1.07 bits per heavy atom. The normalized spacial score (nSPS) is 16.3. The number of benzene rings is 1. The minimum absolute atomic E-state index is 0.111. The van der Waals surface area contributed by atoms with E-state index in [-0.39, 0.29) is 13.1 Å². The number of ether oxygens (including phenoxy) is 1. The number of hydrogen-bond acceptors (Lipinski definition) is 7. The summed E-state index contributed by atoms with van der Waals surface area (Å²) in [6.07, 6.45) is 1.64. The summed E-state index contributed by atoms with van der Waals surface area (Å²) in [5, 5.41) is 2.67. The van der Waals surface area contributed by atoms with E-state index in [0.717, 1.165) is 23.8 Å². The topological polar surface area (TPSA) is 105 Å². The zero-order chi connectivity index (χ0) is 19.5. The van der Waals surface area contributed by atoms with Crippen LogP contribution in [-0.4, -0.2) is 65.4 Å². The minimum atomic E-state index is -0.457.